The second-order valence-electron chi connectivity index (χ2n) is 8.75. The molecule has 0 unspecified atom stereocenters. The lowest BCUT2D eigenvalue weighted by molar-refractivity contribution is -0.140. The highest BCUT2D eigenvalue weighted by atomic mass is 16.5. The van der Waals surface area contributed by atoms with E-state index >= 15 is 0 Å². The molecule has 0 spiro atoms. The molecule has 1 saturated carbocycles. The van der Waals surface area contributed by atoms with Gasteiger partial charge in [-0.2, -0.15) is 0 Å². The first-order chi connectivity index (χ1) is 14.1. The molecule has 5 nitrogen and oxygen atoms in total. The third-order valence-corrected chi connectivity index (χ3v) is 6.28. The smallest absolute Gasteiger partial charge is 0.256 e. The predicted molar refractivity (Wildman–Crippen MR) is 117 cm³/mol. The summed E-state index contributed by atoms with van der Waals surface area (Å²) in [6, 6.07) is 7.71. The van der Waals surface area contributed by atoms with Gasteiger partial charge in [0, 0.05) is 18.8 Å². The highest BCUT2D eigenvalue weighted by Gasteiger charge is 2.42. The number of carbonyl (C=O) groups is 1. The topological polar surface area (TPSA) is 50.8 Å². The van der Waals surface area contributed by atoms with E-state index in [1.165, 1.54) is 25.9 Å². The van der Waals surface area contributed by atoms with E-state index in [2.05, 4.69) is 24.1 Å². The van der Waals surface area contributed by atoms with Crippen molar-refractivity contribution in [2.24, 2.45) is 5.92 Å². The molecule has 29 heavy (non-hydrogen) atoms. The summed E-state index contributed by atoms with van der Waals surface area (Å²) in [7, 11) is 0. The molecule has 1 heterocycles. The number of ether oxygens (including phenoxy) is 2. The molecule has 1 aromatic carbocycles. The van der Waals surface area contributed by atoms with E-state index in [1.54, 1.807) is 0 Å². The van der Waals surface area contributed by atoms with Crippen LogP contribution >= 0.6 is 0 Å². The van der Waals surface area contributed by atoms with Gasteiger partial charge in [0.15, 0.2) is 0 Å². The highest BCUT2D eigenvalue weighted by molar-refractivity contribution is 5.97. The first kappa shape index (κ1) is 22.1. The van der Waals surface area contributed by atoms with Gasteiger partial charge in [0.25, 0.3) is 5.91 Å². The van der Waals surface area contributed by atoms with Gasteiger partial charge in [-0.3, -0.25) is 4.79 Å². The summed E-state index contributed by atoms with van der Waals surface area (Å²) in [6.07, 6.45) is 8.35. The van der Waals surface area contributed by atoms with Crippen molar-refractivity contribution in [3.05, 3.63) is 24.3 Å². The number of hydrogen-bond donors (Lipinski definition) is 1. The number of rotatable bonds is 10. The van der Waals surface area contributed by atoms with Gasteiger partial charge in [0.05, 0.1) is 6.61 Å². The van der Waals surface area contributed by atoms with Gasteiger partial charge < -0.3 is 19.7 Å². The molecule has 0 atom stereocenters. The van der Waals surface area contributed by atoms with E-state index in [1.807, 2.05) is 24.3 Å². The Morgan fingerprint density at radius 2 is 1.83 bits per heavy atom. The van der Waals surface area contributed by atoms with E-state index in [4.69, 9.17) is 9.47 Å². The van der Waals surface area contributed by atoms with Gasteiger partial charge in [-0.05, 0) is 94.6 Å². The molecule has 1 amide bonds. The van der Waals surface area contributed by atoms with Gasteiger partial charge in [-0.25, -0.2) is 0 Å². The first-order valence-corrected chi connectivity index (χ1v) is 11.5. The number of benzene rings is 1. The summed E-state index contributed by atoms with van der Waals surface area (Å²) in [5, 5.41) is 3.05. The maximum absolute atomic E-state index is 12.8. The fourth-order valence-corrected chi connectivity index (χ4v) is 4.32. The number of carbonyl (C=O) groups excluding carboxylic acids is 1. The number of nitrogens with zero attached hydrogens (tertiary/aromatic N) is 1. The van der Waals surface area contributed by atoms with Gasteiger partial charge in [0.1, 0.15) is 11.4 Å². The number of nitrogens with one attached hydrogen (secondary N) is 1. The number of piperidine rings is 1. The third-order valence-electron chi connectivity index (χ3n) is 6.28. The van der Waals surface area contributed by atoms with Gasteiger partial charge in [-0.1, -0.05) is 13.8 Å². The van der Waals surface area contributed by atoms with Crippen molar-refractivity contribution in [1.82, 2.24) is 4.90 Å². The maximum atomic E-state index is 12.8. The van der Waals surface area contributed by atoms with Crippen LogP contribution in [-0.2, 0) is 9.53 Å². The molecule has 0 bridgehead atoms. The van der Waals surface area contributed by atoms with E-state index in [0.29, 0.717) is 6.61 Å². The SMILES string of the molecule is CCCOC1(C(=O)Nc2ccc(OCCCN3CCC(C)CC3)cc2)CCCC1. The van der Waals surface area contributed by atoms with Crippen LogP contribution in [0.15, 0.2) is 24.3 Å². The average Bonchev–Trinajstić information content (AvgIpc) is 3.22. The molecule has 1 saturated heterocycles. The Hall–Kier alpha value is -1.59. The molecule has 5 heteroatoms. The van der Waals surface area contributed by atoms with Crippen LogP contribution in [0.5, 0.6) is 5.75 Å². The van der Waals surface area contributed by atoms with E-state index in [0.717, 1.165) is 69.0 Å². The first-order valence-electron chi connectivity index (χ1n) is 11.5. The Bertz CT molecular complexity index is 618. The largest absolute Gasteiger partial charge is 0.494 e. The second kappa shape index (κ2) is 11.0. The van der Waals surface area contributed by atoms with Crippen molar-refractivity contribution in [3.8, 4) is 5.75 Å². The zero-order valence-corrected chi connectivity index (χ0v) is 18.3. The third kappa shape index (κ3) is 6.45. The highest BCUT2D eigenvalue weighted by Crippen LogP contribution is 2.34. The normalized spacial score (nSPS) is 19.9. The van der Waals surface area contributed by atoms with Crippen LogP contribution in [0.3, 0.4) is 0 Å². The molecule has 1 aliphatic heterocycles. The van der Waals surface area contributed by atoms with Crippen molar-refractivity contribution in [3.63, 3.8) is 0 Å². The van der Waals surface area contributed by atoms with Crippen molar-refractivity contribution in [1.29, 1.82) is 0 Å². The quantitative estimate of drug-likeness (QED) is 0.568. The molecule has 162 valence electrons. The van der Waals surface area contributed by atoms with E-state index < -0.39 is 5.60 Å². The Morgan fingerprint density at radius 1 is 1.14 bits per heavy atom. The monoisotopic (exact) mass is 402 g/mol. The summed E-state index contributed by atoms with van der Waals surface area (Å²) in [5.74, 6) is 1.73. The maximum Gasteiger partial charge on any atom is 0.256 e. The fourth-order valence-electron chi connectivity index (χ4n) is 4.32. The Morgan fingerprint density at radius 3 is 2.48 bits per heavy atom. The van der Waals surface area contributed by atoms with Crippen LogP contribution in [-0.4, -0.2) is 49.3 Å². The van der Waals surface area contributed by atoms with Crippen LogP contribution in [0.4, 0.5) is 5.69 Å². The lowest BCUT2D eigenvalue weighted by atomic mass is 9.99. The Balaban J connectivity index is 1.40. The molecule has 0 aromatic heterocycles. The van der Waals surface area contributed by atoms with Crippen molar-refractivity contribution in [2.75, 3.05) is 38.2 Å². The van der Waals surface area contributed by atoms with Crippen LogP contribution in [0.25, 0.3) is 0 Å². The van der Waals surface area contributed by atoms with Gasteiger partial charge >= 0.3 is 0 Å². The van der Waals surface area contributed by atoms with E-state index in [-0.39, 0.29) is 5.91 Å². The number of likely N-dealkylation sites (tertiary alicyclic amines) is 1. The number of anilines is 1. The molecule has 1 N–H and O–H groups in total. The minimum Gasteiger partial charge on any atom is -0.494 e. The van der Waals surface area contributed by atoms with Gasteiger partial charge in [-0.15, -0.1) is 0 Å². The van der Waals surface area contributed by atoms with Crippen molar-refractivity contribution < 1.29 is 14.3 Å². The molecule has 0 radical (unpaired) electrons. The molecule has 3 rings (SSSR count). The zero-order valence-electron chi connectivity index (χ0n) is 18.3. The standard InChI is InChI=1S/C24H38N2O3/c1-3-18-29-24(13-4-5-14-24)23(27)25-21-7-9-22(10-8-21)28-19-6-15-26-16-11-20(2)12-17-26/h7-10,20H,3-6,11-19H2,1-2H3,(H,25,27). The second-order valence-corrected chi connectivity index (χ2v) is 8.75. The van der Waals surface area contributed by atoms with Crippen molar-refractivity contribution >= 4 is 11.6 Å². The van der Waals surface area contributed by atoms with Crippen molar-refractivity contribution in [2.45, 2.75) is 70.8 Å². The Labute approximate surface area is 176 Å². The van der Waals surface area contributed by atoms with Crippen LogP contribution < -0.4 is 10.1 Å². The predicted octanol–water partition coefficient (Wildman–Crippen LogP) is 4.87. The molecular weight excluding hydrogens is 364 g/mol. The minimum atomic E-state index is -0.641. The summed E-state index contributed by atoms with van der Waals surface area (Å²) >= 11 is 0. The number of amides is 1. The summed E-state index contributed by atoms with van der Waals surface area (Å²) in [5.41, 5.74) is 0.161. The zero-order chi connectivity index (χ0) is 20.5. The summed E-state index contributed by atoms with van der Waals surface area (Å²) in [6.45, 7) is 9.34. The molecular formula is C24H38N2O3. The van der Waals surface area contributed by atoms with Gasteiger partial charge in [0.2, 0.25) is 0 Å². The average molecular weight is 403 g/mol. The lowest BCUT2D eigenvalue weighted by Crippen LogP contribution is -2.43. The van der Waals surface area contributed by atoms with Crippen LogP contribution in [0.1, 0.15) is 65.2 Å². The van der Waals surface area contributed by atoms with Crippen LogP contribution in [0, 0.1) is 5.92 Å². The minimum absolute atomic E-state index is 0.00651. The summed E-state index contributed by atoms with van der Waals surface area (Å²) < 4.78 is 11.9. The Kier molecular flexibility index (Phi) is 8.37. The molecule has 2 aliphatic rings. The number of hydrogen-bond acceptors (Lipinski definition) is 4. The molecule has 1 aliphatic carbocycles. The van der Waals surface area contributed by atoms with Crippen LogP contribution in [0.2, 0.25) is 0 Å². The summed E-state index contributed by atoms with van der Waals surface area (Å²) in [4.78, 5) is 15.4. The molecule has 1 aromatic rings. The van der Waals surface area contributed by atoms with E-state index in [9.17, 15) is 4.79 Å². The fraction of sp³-hybridized carbons (Fsp3) is 0.708. The lowest BCUT2D eigenvalue weighted by Gasteiger charge is -2.30. The molecule has 2 fully saturated rings.